The molecule has 1 aliphatic rings. The number of carbonyl (C=O) groups is 2. The van der Waals surface area contributed by atoms with Crippen molar-refractivity contribution < 1.29 is 14.3 Å². The van der Waals surface area contributed by atoms with Crippen LogP contribution in [-0.2, 0) is 9.53 Å². The molecule has 1 aromatic rings. The van der Waals surface area contributed by atoms with Crippen molar-refractivity contribution in [3.63, 3.8) is 0 Å². The third-order valence-electron chi connectivity index (χ3n) is 4.34. The number of unbranched alkanes of at least 4 members (excludes halogenated alkanes) is 1. The minimum absolute atomic E-state index is 0.144. The molecule has 0 bridgehead atoms. The van der Waals surface area contributed by atoms with Crippen molar-refractivity contribution in [1.82, 2.24) is 4.90 Å². The van der Waals surface area contributed by atoms with Crippen molar-refractivity contribution in [2.45, 2.75) is 51.7 Å². The number of imide groups is 1. The number of ether oxygens (including phenoxy) is 1. The number of amides is 2. The van der Waals surface area contributed by atoms with Crippen LogP contribution >= 0.6 is 0 Å². The molecule has 0 aromatic heterocycles. The maximum Gasteiger partial charge on any atom is 0.417 e. The number of benzene rings is 1. The van der Waals surface area contributed by atoms with Gasteiger partial charge in [0, 0.05) is 5.92 Å². The Morgan fingerprint density at radius 2 is 2.09 bits per heavy atom. The number of cyclic esters (lactones) is 1. The summed E-state index contributed by atoms with van der Waals surface area (Å²) in [6.45, 7) is 7.69. The van der Waals surface area contributed by atoms with E-state index in [-0.39, 0.29) is 17.9 Å². The molecule has 1 fully saturated rings. The average molecular weight is 315 g/mol. The van der Waals surface area contributed by atoms with Crippen LogP contribution < -0.4 is 0 Å². The molecule has 1 heterocycles. The van der Waals surface area contributed by atoms with Gasteiger partial charge in [-0.05, 0) is 25.3 Å². The lowest BCUT2D eigenvalue weighted by Crippen LogP contribution is -2.41. The molecule has 1 aliphatic heterocycles. The number of rotatable bonds is 7. The summed E-state index contributed by atoms with van der Waals surface area (Å²) in [5.74, 6) is -0.341. The minimum Gasteiger partial charge on any atom is -0.439 e. The molecule has 4 heteroatoms. The molecule has 124 valence electrons. The first-order valence-electron chi connectivity index (χ1n) is 8.29. The summed E-state index contributed by atoms with van der Waals surface area (Å²) in [5, 5.41) is 0. The second-order valence-electron chi connectivity index (χ2n) is 6.03. The fraction of sp³-hybridized carbons (Fsp3) is 0.474. The molecule has 0 spiro atoms. The summed E-state index contributed by atoms with van der Waals surface area (Å²) in [4.78, 5) is 26.4. The molecule has 1 aromatic carbocycles. The van der Waals surface area contributed by atoms with Gasteiger partial charge < -0.3 is 4.74 Å². The number of hydrogen-bond donors (Lipinski definition) is 0. The normalized spacial score (nSPS) is 21.8. The Labute approximate surface area is 138 Å². The Kier molecular flexibility index (Phi) is 5.97. The van der Waals surface area contributed by atoms with Crippen LogP contribution in [0, 0.1) is 5.92 Å². The highest BCUT2D eigenvalue weighted by molar-refractivity contribution is 5.95. The zero-order chi connectivity index (χ0) is 16.8. The highest BCUT2D eigenvalue weighted by atomic mass is 16.6. The molecule has 4 nitrogen and oxygen atoms in total. The molecule has 23 heavy (non-hydrogen) atoms. The molecule has 0 radical (unpaired) electrons. The van der Waals surface area contributed by atoms with Gasteiger partial charge in [0.15, 0.2) is 0 Å². The first kappa shape index (κ1) is 17.3. The zero-order valence-corrected chi connectivity index (χ0v) is 13.9. The van der Waals surface area contributed by atoms with E-state index in [9.17, 15) is 9.59 Å². The topological polar surface area (TPSA) is 46.6 Å². The first-order valence-corrected chi connectivity index (χ1v) is 8.29. The first-order chi connectivity index (χ1) is 11.1. The Bertz CT molecular complexity index is 555. The Hall–Kier alpha value is -2.10. The maximum atomic E-state index is 12.8. The molecular formula is C19H25NO3. The predicted molar refractivity (Wildman–Crippen MR) is 89.8 cm³/mol. The van der Waals surface area contributed by atoms with E-state index >= 15 is 0 Å². The molecular weight excluding hydrogens is 290 g/mol. The number of carbonyl (C=O) groups excluding carboxylic acids is 2. The zero-order valence-electron chi connectivity index (χ0n) is 13.9. The van der Waals surface area contributed by atoms with E-state index in [2.05, 4.69) is 13.5 Å². The summed E-state index contributed by atoms with van der Waals surface area (Å²) in [6.07, 6.45) is 4.15. The van der Waals surface area contributed by atoms with E-state index in [1.54, 1.807) is 6.08 Å². The molecule has 0 N–H and O–H groups in total. The van der Waals surface area contributed by atoms with E-state index in [4.69, 9.17) is 4.74 Å². The van der Waals surface area contributed by atoms with Gasteiger partial charge >= 0.3 is 6.09 Å². The lowest BCUT2D eigenvalue weighted by molar-refractivity contribution is -0.133. The summed E-state index contributed by atoms with van der Waals surface area (Å²) < 4.78 is 5.47. The fourth-order valence-corrected chi connectivity index (χ4v) is 3.04. The van der Waals surface area contributed by atoms with Crippen LogP contribution in [0.25, 0.3) is 0 Å². The SMILES string of the molecule is C=CCC(CCCC)C(=O)N1C(=O)O[C@@H](c2ccccc2)[C@H]1C. The molecule has 1 saturated heterocycles. The third kappa shape index (κ3) is 3.81. The predicted octanol–water partition coefficient (Wildman–Crippen LogP) is 4.48. The summed E-state index contributed by atoms with van der Waals surface area (Å²) >= 11 is 0. The third-order valence-corrected chi connectivity index (χ3v) is 4.34. The molecule has 0 saturated carbocycles. The standard InChI is InChI=1S/C19H25NO3/c1-4-6-11-16(10-5-2)18(21)20-14(3)17(23-19(20)22)15-12-8-7-9-13-15/h5,7-9,12-14,16-17H,2,4,6,10-11H2,1,3H3/t14-,16?,17-/m1/s1. The number of nitrogens with zero attached hydrogens (tertiary/aromatic N) is 1. The van der Waals surface area contributed by atoms with Gasteiger partial charge in [-0.3, -0.25) is 4.79 Å². The second kappa shape index (κ2) is 7.95. The molecule has 2 amide bonds. The van der Waals surface area contributed by atoms with Crippen LogP contribution in [0.2, 0.25) is 0 Å². The van der Waals surface area contributed by atoms with Crippen molar-refractivity contribution >= 4 is 12.0 Å². The van der Waals surface area contributed by atoms with Crippen molar-refractivity contribution in [1.29, 1.82) is 0 Å². The average Bonchev–Trinajstić information content (AvgIpc) is 2.86. The lowest BCUT2D eigenvalue weighted by Gasteiger charge is -2.23. The Balaban J connectivity index is 2.16. The van der Waals surface area contributed by atoms with Crippen LogP contribution in [0.3, 0.4) is 0 Å². The second-order valence-corrected chi connectivity index (χ2v) is 6.03. The van der Waals surface area contributed by atoms with Crippen LogP contribution in [0.1, 0.15) is 51.2 Å². The number of allylic oxidation sites excluding steroid dienone is 1. The van der Waals surface area contributed by atoms with E-state index in [1.165, 1.54) is 4.90 Å². The molecule has 2 rings (SSSR count). The van der Waals surface area contributed by atoms with Crippen LogP contribution in [0.15, 0.2) is 43.0 Å². The molecule has 1 unspecified atom stereocenters. The highest BCUT2D eigenvalue weighted by Gasteiger charge is 2.44. The van der Waals surface area contributed by atoms with Gasteiger partial charge in [0.1, 0.15) is 6.10 Å². The Morgan fingerprint density at radius 3 is 2.70 bits per heavy atom. The number of hydrogen-bond acceptors (Lipinski definition) is 3. The van der Waals surface area contributed by atoms with Gasteiger partial charge in [0.2, 0.25) is 5.91 Å². The summed E-state index contributed by atoms with van der Waals surface area (Å²) in [7, 11) is 0. The minimum atomic E-state index is -0.540. The van der Waals surface area contributed by atoms with Gasteiger partial charge in [-0.15, -0.1) is 6.58 Å². The summed E-state index contributed by atoms with van der Waals surface area (Å²) in [6, 6.07) is 9.26. The summed E-state index contributed by atoms with van der Waals surface area (Å²) in [5.41, 5.74) is 0.914. The van der Waals surface area contributed by atoms with E-state index in [0.29, 0.717) is 6.42 Å². The smallest absolute Gasteiger partial charge is 0.417 e. The van der Waals surface area contributed by atoms with Crippen molar-refractivity contribution in [2.24, 2.45) is 5.92 Å². The van der Waals surface area contributed by atoms with Gasteiger partial charge in [-0.1, -0.05) is 56.2 Å². The van der Waals surface area contributed by atoms with Gasteiger partial charge in [-0.2, -0.15) is 0 Å². The maximum absolute atomic E-state index is 12.8. The fourth-order valence-electron chi connectivity index (χ4n) is 3.04. The monoisotopic (exact) mass is 315 g/mol. The van der Waals surface area contributed by atoms with Crippen LogP contribution in [0.4, 0.5) is 4.79 Å². The quantitative estimate of drug-likeness (QED) is 0.697. The van der Waals surface area contributed by atoms with Gasteiger partial charge in [0.25, 0.3) is 0 Å². The lowest BCUT2D eigenvalue weighted by atomic mass is 9.95. The van der Waals surface area contributed by atoms with E-state index < -0.39 is 12.2 Å². The van der Waals surface area contributed by atoms with Crippen molar-refractivity contribution in [3.05, 3.63) is 48.6 Å². The van der Waals surface area contributed by atoms with Crippen molar-refractivity contribution in [3.8, 4) is 0 Å². The van der Waals surface area contributed by atoms with Crippen molar-refractivity contribution in [2.75, 3.05) is 0 Å². The molecule has 0 aliphatic carbocycles. The largest absolute Gasteiger partial charge is 0.439 e. The van der Waals surface area contributed by atoms with Gasteiger partial charge in [0.05, 0.1) is 6.04 Å². The highest BCUT2D eigenvalue weighted by Crippen LogP contribution is 2.34. The Morgan fingerprint density at radius 1 is 1.39 bits per heavy atom. The van der Waals surface area contributed by atoms with E-state index in [0.717, 1.165) is 24.8 Å². The van der Waals surface area contributed by atoms with E-state index in [1.807, 2.05) is 37.3 Å². The molecule has 3 atom stereocenters. The van der Waals surface area contributed by atoms with Gasteiger partial charge in [-0.25, -0.2) is 9.69 Å². The van der Waals surface area contributed by atoms with Crippen LogP contribution in [0.5, 0.6) is 0 Å². The van der Waals surface area contributed by atoms with Crippen LogP contribution in [-0.4, -0.2) is 22.9 Å².